The monoisotopic (exact) mass is 424 g/mol. The van der Waals surface area contributed by atoms with Gasteiger partial charge in [-0.15, -0.1) is 0 Å². The highest BCUT2D eigenvalue weighted by Gasteiger charge is 2.61. The van der Waals surface area contributed by atoms with E-state index in [9.17, 15) is 18.7 Å². The largest absolute Gasteiger partial charge is 0.365 e. The van der Waals surface area contributed by atoms with Gasteiger partial charge in [-0.2, -0.15) is 0 Å². The Morgan fingerprint density at radius 3 is 2.35 bits per heavy atom. The molecule has 3 nitrogen and oxygen atoms in total. The van der Waals surface area contributed by atoms with Gasteiger partial charge in [-0.05, 0) is 79.1 Å². The summed E-state index contributed by atoms with van der Waals surface area (Å²) in [7, 11) is 0. The van der Waals surface area contributed by atoms with Crippen LogP contribution in [-0.4, -0.2) is 16.7 Å². The van der Waals surface area contributed by atoms with Crippen LogP contribution in [0.1, 0.15) is 62.2 Å². The maximum atomic E-state index is 13.8. The predicted octanol–water partition coefficient (Wildman–Crippen LogP) is 5.74. The first-order valence-corrected chi connectivity index (χ1v) is 11.1. The third kappa shape index (κ3) is 3.54. The maximum absolute atomic E-state index is 13.8. The molecule has 3 aliphatic rings. The molecule has 0 aromatic heterocycles. The molecule has 1 N–H and O–H groups in total. The number of hydrogen-bond donors (Lipinski definition) is 1. The quantitative estimate of drug-likeness (QED) is 0.626. The molecule has 0 bridgehead atoms. The van der Waals surface area contributed by atoms with Gasteiger partial charge in [0.05, 0.1) is 11.5 Å². The van der Waals surface area contributed by atoms with Crippen LogP contribution in [0.2, 0.25) is 0 Å². The Bertz CT molecular complexity index is 1010. The molecule has 3 fully saturated rings. The molecule has 5 rings (SSSR count). The molecule has 4 unspecified atom stereocenters. The summed E-state index contributed by atoms with van der Waals surface area (Å²) < 4.78 is 33.2. The molecule has 0 amide bonds. The van der Waals surface area contributed by atoms with Crippen molar-refractivity contribution >= 4 is 11.9 Å². The van der Waals surface area contributed by atoms with E-state index in [0.717, 1.165) is 30.4 Å². The zero-order valence-corrected chi connectivity index (χ0v) is 17.3. The summed E-state index contributed by atoms with van der Waals surface area (Å²) in [6, 6.07) is 12.1. The van der Waals surface area contributed by atoms with E-state index in [-0.39, 0.29) is 23.3 Å². The van der Waals surface area contributed by atoms with Crippen molar-refractivity contribution in [2.24, 2.45) is 11.3 Å². The molecule has 2 saturated carbocycles. The van der Waals surface area contributed by atoms with Crippen LogP contribution in [0.25, 0.3) is 6.08 Å². The Morgan fingerprint density at radius 1 is 0.968 bits per heavy atom. The van der Waals surface area contributed by atoms with E-state index in [1.165, 1.54) is 24.3 Å². The van der Waals surface area contributed by atoms with Gasteiger partial charge in [0, 0.05) is 12.3 Å². The number of fused-ring (bicyclic) bond motifs is 1. The first-order valence-electron chi connectivity index (χ1n) is 11.1. The zero-order chi connectivity index (χ0) is 21.6. The van der Waals surface area contributed by atoms with E-state index in [1.807, 2.05) is 6.08 Å². The van der Waals surface area contributed by atoms with Gasteiger partial charge in [0.1, 0.15) is 11.6 Å². The number of Topliss-reactive ketones (excluding diaryl/α,β-unsaturated/α-hetero) is 1. The molecular formula is C26H26F2O3. The van der Waals surface area contributed by atoms with Crippen LogP contribution in [-0.2, 0) is 9.53 Å². The number of ketones is 1. The van der Waals surface area contributed by atoms with Gasteiger partial charge in [0.15, 0.2) is 11.6 Å². The third-order valence-corrected chi connectivity index (χ3v) is 7.38. The van der Waals surface area contributed by atoms with E-state index in [0.29, 0.717) is 31.3 Å². The smallest absolute Gasteiger partial charge is 0.169 e. The Morgan fingerprint density at radius 2 is 1.65 bits per heavy atom. The second-order valence-electron chi connectivity index (χ2n) is 9.25. The van der Waals surface area contributed by atoms with Crippen molar-refractivity contribution in [3.05, 3.63) is 76.9 Å². The first-order chi connectivity index (χ1) is 14.9. The molecule has 5 heteroatoms. The van der Waals surface area contributed by atoms with Crippen molar-refractivity contribution in [2.45, 2.75) is 56.8 Å². The van der Waals surface area contributed by atoms with E-state index >= 15 is 0 Å². The number of ether oxygens (including phenoxy) is 1. The van der Waals surface area contributed by atoms with E-state index < -0.39 is 17.3 Å². The van der Waals surface area contributed by atoms with Crippen molar-refractivity contribution in [3.63, 3.8) is 0 Å². The second-order valence-corrected chi connectivity index (χ2v) is 9.25. The van der Waals surface area contributed by atoms with E-state index in [2.05, 4.69) is 0 Å². The minimum Gasteiger partial charge on any atom is -0.365 e. The van der Waals surface area contributed by atoms with Gasteiger partial charge in [-0.3, -0.25) is 4.79 Å². The highest BCUT2D eigenvalue weighted by atomic mass is 19.1. The molecule has 2 aliphatic carbocycles. The van der Waals surface area contributed by atoms with E-state index in [1.54, 1.807) is 24.3 Å². The summed E-state index contributed by atoms with van der Waals surface area (Å²) in [5, 5.41) is 11.3. The lowest BCUT2D eigenvalue weighted by Gasteiger charge is -2.53. The van der Waals surface area contributed by atoms with Crippen molar-refractivity contribution in [1.82, 2.24) is 0 Å². The van der Waals surface area contributed by atoms with Crippen LogP contribution in [0.4, 0.5) is 8.78 Å². The topological polar surface area (TPSA) is 46.5 Å². The van der Waals surface area contributed by atoms with Crippen LogP contribution >= 0.6 is 0 Å². The van der Waals surface area contributed by atoms with Crippen molar-refractivity contribution < 1.29 is 23.4 Å². The van der Waals surface area contributed by atoms with Gasteiger partial charge in [0.25, 0.3) is 0 Å². The second kappa shape index (κ2) is 7.64. The van der Waals surface area contributed by atoms with Crippen LogP contribution in [0.5, 0.6) is 0 Å². The molecule has 1 saturated heterocycles. The fourth-order valence-electron chi connectivity index (χ4n) is 5.75. The highest BCUT2D eigenvalue weighted by Crippen LogP contribution is 2.60. The molecule has 1 aliphatic heterocycles. The molecule has 2 aromatic carbocycles. The summed E-state index contributed by atoms with van der Waals surface area (Å²) in [6.07, 6.45) is 6.27. The first kappa shape index (κ1) is 20.5. The summed E-state index contributed by atoms with van der Waals surface area (Å²) in [6.45, 7) is 0. The minimum atomic E-state index is -1.24. The standard InChI is InChI=1S/C26H26F2O3/c27-21-8-4-17(5-9-21)15-19-12-14-25(23(19)29)16-20-3-1-2-13-26(20,30)31-24(25)18-6-10-22(28)11-7-18/h4-11,15,20,24,30H,1-3,12-14,16H2. The average molecular weight is 424 g/mol. The van der Waals surface area contributed by atoms with Crippen molar-refractivity contribution in [1.29, 1.82) is 0 Å². The average Bonchev–Trinajstić information content (AvgIpc) is 3.06. The fourth-order valence-corrected chi connectivity index (χ4v) is 5.75. The number of benzene rings is 2. The summed E-state index contributed by atoms with van der Waals surface area (Å²) in [4.78, 5) is 13.8. The Balaban J connectivity index is 1.54. The number of halogens is 2. The molecule has 1 spiro atoms. The molecule has 162 valence electrons. The number of allylic oxidation sites excluding steroid dienone is 1. The van der Waals surface area contributed by atoms with Crippen LogP contribution in [0, 0.1) is 23.0 Å². The van der Waals surface area contributed by atoms with Gasteiger partial charge >= 0.3 is 0 Å². The number of carbonyl (C=O) groups is 1. The van der Waals surface area contributed by atoms with Gasteiger partial charge < -0.3 is 9.84 Å². The summed E-state index contributed by atoms with van der Waals surface area (Å²) in [5.74, 6) is -1.97. The highest BCUT2D eigenvalue weighted by molar-refractivity contribution is 6.06. The summed E-state index contributed by atoms with van der Waals surface area (Å²) in [5.41, 5.74) is 1.42. The lowest BCUT2D eigenvalue weighted by Crippen LogP contribution is -2.55. The van der Waals surface area contributed by atoms with Gasteiger partial charge in [-0.25, -0.2) is 8.78 Å². The van der Waals surface area contributed by atoms with Crippen LogP contribution in [0.3, 0.4) is 0 Å². The van der Waals surface area contributed by atoms with Crippen LogP contribution in [0.15, 0.2) is 54.1 Å². The Kier molecular flexibility index (Phi) is 5.06. The molecule has 1 heterocycles. The number of rotatable bonds is 2. The zero-order valence-electron chi connectivity index (χ0n) is 17.3. The normalized spacial score (nSPS) is 34.3. The third-order valence-electron chi connectivity index (χ3n) is 7.38. The summed E-state index contributed by atoms with van der Waals surface area (Å²) >= 11 is 0. The number of hydrogen-bond acceptors (Lipinski definition) is 3. The van der Waals surface area contributed by atoms with E-state index in [4.69, 9.17) is 4.74 Å². The Hall–Kier alpha value is -2.37. The fraction of sp³-hybridized carbons (Fsp3) is 0.423. The molecule has 31 heavy (non-hydrogen) atoms. The van der Waals surface area contributed by atoms with Crippen LogP contribution < -0.4 is 0 Å². The lowest BCUT2D eigenvalue weighted by atomic mass is 9.63. The van der Waals surface area contributed by atoms with Crippen molar-refractivity contribution in [2.75, 3.05) is 0 Å². The van der Waals surface area contributed by atoms with Crippen molar-refractivity contribution in [3.8, 4) is 0 Å². The van der Waals surface area contributed by atoms with Gasteiger partial charge in [0.2, 0.25) is 0 Å². The Labute approximate surface area is 180 Å². The minimum absolute atomic E-state index is 0.0266. The predicted molar refractivity (Wildman–Crippen MR) is 113 cm³/mol. The lowest BCUT2D eigenvalue weighted by molar-refractivity contribution is -0.323. The number of aliphatic hydroxyl groups is 1. The number of carbonyl (C=O) groups excluding carboxylic acids is 1. The van der Waals surface area contributed by atoms with Gasteiger partial charge in [-0.1, -0.05) is 30.7 Å². The molecule has 0 radical (unpaired) electrons. The molecule has 2 aromatic rings. The maximum Gasteiger partial charge on any atom is 0.169 e. The molecule has 4 atom stereocenters. The SMILES string of the molecule is O=C1C(=Cc2ccc(F)cc2)CCC12CC1CCCCC1(O)OC2c1ccc(F)cc1. The molecular weight excluding hydrogens is 398 g/mol.